The highest BCUT2D eigenvalue weighted by Gasteiger charge is 2.17. The lowest BCUT2D eigenvalue weighted by Gasteiger charge is -2.23. The van der Waals surface area contributed by atoms with Crippen LogP contribution in [0.4, 0.5) is 0 Å². The first kappa shape index (κ1) is 16.1. The van der Waals surface area contributed by atoms with E-state index in [0.29, 0.717) is 12.1 Å². The van der Waals surface area contributed by atoms with Crippen LogP contribution < -0.4 is 10.1 Å². The van der Waals surface area contributed by atoms with Crippen molar-refractivity contribution in [2.75, 3.05) is 7.11 Å². The second-order valence-corrected chi connectivity index (χ2v) is 6.45. The number of hydrogen-bond acceptors (Lipinski definition) is 3. The normalized spacial score (nSPS) is 13.9. The summed E-state index contributed by atoms with van der Waals surface area (Å²) in [5.74, 6) is 0.962. The Morgan fingerprint density at radius 3 is 2.52 bits per heavy atom. The molecule has 2 atom stereocenters. The van der Waals surface area contributed by atoms with Crippen LogP contribution in [0.2, 0.25) is 0 Å². The lowest BCUT2D eigenvalue weighted by Crippen LogP contribution is -2.24. The van der Waals surface area contributed by atoms with Gasteiger partial charge >= 0.3 is 0 Å². The molecule has 0 saturated carbocycles. The molecule has 2 rings (SSSR count). The van der Waals surface area contributed by atoms with Crippen LogP contribution in [-0.2, 0) is 6.42 Å². The largest absolute Gasteiger partial charge is 0.496 e. The first-order chi connectivity index (χ1) is 10.2. The van der Waals surface area contributed by atoms with Crippen LogP contribution in [0.3, 0.4) is 0 Å². The number of thiophene rings is 1. The summed E-state index contributed by atoms with van der Waals surface area (Å²) in [7, 11) is 1.74. The summed E-state index contributed by atoms with van der Waals surface area (Å²) in [6, 6.07) is 13.4. The van der Waals surface area contributed by atoms with Gasteiger partial charge in [-0.05, 0) is 38.0 Å². The molecule has 0 saturated heterocycles. The molecule has 1 aromatic carbocycles. The first-order valence-corrected chi connectivity index (χ1v) is 8.48. The Balaban J connectivity index is 2.14. The zero-order valence-electron chi connectivity index (χ0n) is 13.3. The number of ether oxygens (including phenoxy) is 1. The highest BCUT2D eigenvalue weighted by Crippen LogP contribution is 2.31. The molecule has 0 aliphatic rings. The van der Waals surface area contributed by atoms with E-state index in [-0.39, 0.29) is 0 Å². The molecule has 2 aromatic rings. The van der Waals surface area contributed by atoms with E-state index in [1.54, 1.807) is 7.11 Å². The molecule has 114 valence electrons. The van der Waals surface area contributed by atoms with Crippen molar-refractivity contribution in [3.05, 3.63) is 51.7 Å². The van der Waals surface area contributed by atoms with Gasteiger partial charge in [0, 0.05) is 27.4 Å². The number of benzene rings is 1. The van der Waals surface area contributed by atoms with Crippen LogP contribution in [-0.4, -0.2) is 7.11 Å². The average Bonchev–Trinajstić information content (AvgIpc) is 3.01. The molecular formula is C18H25NOS. The van der Waals surface area contributed by atoms with E-state index in [9.17, 15) is 0 Å². The smallest absolute Gasteiger partial charge is 0.123 e. The first-order valence-electron chi connectivity index (χ1n) is 7.67. The molecule has 3 heteroatoms. The second-order valence-electron chi connectivity index (χ2n) is 5.25. The van der Waals surface area contributed by atoms with Crippen LogP contribution in [0.15, 0.2) is 36.4 Å². The summed E-state index contributed by atoms with van der Waals surface area (Å²) in [6.07, 6.45) is 2.15. The minimum Gasteiger partial charge on any atom is -0.496 e. The Bertz CT molecular complexity index is 564. The molecule has 1 heterocycles. The molecule has 2 nitrogen and oxygen atoms in total. The molecular weight excluding hydrogens is 278 g/mol. The Morgan fingerprint density at radius 2 is 1.90 bits per heavy atom. The maximum atomic E-state index is 5.50. The van der Waals surface area contributed by atoms with Gasteiger partial charge in [0.2, 0.25) is 0 Å². The number of methoxy groups -OCH3 is 1. The van der Waals surface area contributed by atoms with E-state index >= 15 is 0 Å². The van der Waals surface area contributed by atoms with Gasteiger partial charge in [-0.25, -0.2) is 0 Å². The van der Waals surface area contributed by atoms with Crippen LogP contribution >= 0.6 is 11.3 Å². The predicted molar refractivity (Wildman–Crippen MR) is 91.3 cm³/mol. The van der Waals surface area contributed by atoms with Crippen LogP contribution in [0, 0.1) is 0 Å². The third-order valence-electron chi connectivity index (χ3n) is 3.83. The van der Waals surface area contributed by atoms with E-state index in [4.69, 9.17) is 4.74 Å². The minimum absolute atomic E-state index is 0.309. The van der Waals surface area contributed by atoms with E-state index < -0.39 is 0 Å². The van der Waals surface area contributed by atoms with E-state index in [2.05, 4.69) is 50.4 Å². The van der Waals surface area contributed by atoms with Gasteiger partial charge in [-0.3, -0.25) is 0 Å². The molecule has 0 spiro atoms. The Morgan fingerprint density at radius 1 is 1.14 bits per heavy atom. The van der Waals surface area contributed by atoms with Crippen molar-refractivity contribution in [1.29, 1.82) is 0 Å². The lowest BCUT2D eigenvalue weighted by atomic mass is 10.0. The fourth-order valence-electron chi connectivity index (χ4n) is 2.58. The van der Waals surface area contributed by atoms with Gasteiger partial charge in [-0.15, -0.1) is 11.3 Å². The molecule has 21 heavy (non-hydrogen) atoms. The fraction of sp³-hybridized carbons (Fsp3) is 0.444. The third-order valence-corrected chi connectivity index (χ3v) is 5.24. The predicted octanol–water partition coefficient (Wildman–Crippen LogP) is 5.12. The number of hydrogen-bond donors (Lipinski definition) is 1. The average molecular weight is 303 g/mol. The molecule has 0 fully saturated rings. The van der Waals surface area contributed by atoms with Gasteiger partial charge in [0.1, 0.15) is 5.75 Å². The fourth-order valence-corrected chi connectivity index (χ4v) is 3.55. The van der Waals surface area contributed by atoms with Gasteiger partial charge in [-0.2, -0.15) is 0 Å². The number of rotatable bonds is 7. The van der Waals surface area contributed by atoms with Gasteiger partial charge in [-0.1, -0.05) is 32.0 Å². The topological polar surface area (TPSA) is 21.3 Å². The zero-order valence-corrected chi connectivity index (χ0v) is 14.2. The highest BCUT2D eigenvalue weighted by atomic mass is 32.1. The molecule has 0 bridgehead atoms. The molecule has 1 N–H and O–H groups in total. The maximum absolute atomic E-state index is 5.50. The Hall–Kier alpha value is -1.32. The van der Waals surface area contributed by atoms with Crippen molar-refractivity contribution < 1.29 is 4.74 Å². The van der Waals surface area contributed by atoms with Crippen molar-refractivity contribution in [2.45, 2.75) is 45.7 Å². The van der Waals surface area contributed by atoms with E-state index in [1.165, 1.54) is 15.3 Å². The summed E-state index contributed by atoms with van der Waals surface area (Å²) < 4.78 is 5.50. The van der Waals surface area contributed by atoms with Crippen LogP contribution in [0.5, 0.6) is 5.75 Å². The molecule has 2 unspecified atom stereocenters. The summed E-state index contributed by atoms with van der Waals surface area (Å²) >= 11 is 1.90. The summed E-state index contributed by atoms with van der Waals surface area (Å²) in [4.78, 5) is 2.85. The highest BCUT2D eigenvalue weighted by molar-refractivity contribution is 7.12. The number of nitrogens with one attached hydrogen (secondary N) is 1. The van der Waals surface area contributed by atoms with Gasteiger partial charge in [0.25, 0.3) is 0 Å². The quantitative estimate of drug-likeness (QED) is 0.766. The van der Waals surface area contributed by atoms with Crippen molar-refractivity contribution in [3.63, 3.8) is 0 Å². The molecule has 0 aliphatic carbocycles. The number of aryl methyl sites for hydroxylation is 1. The van der Waals surface area contributed by atoms with Gasteiger partial charge < -0.3 is 10.1 Å². The Labute approximate surface area is 132 Å². The lowest BCUT2D eigenvalue weighted by molar-refractivity contribution is 0.389. The standard InChI is InChI=1S/C18H25NOS/c1-5-14-11-12-18(21-14)13(3)19-16(6-2)15-9-7-8-10-17(15)20-4/h7-13,16,19H,5-6H2,1-4H3. The molecule has 0 amide bonds. The van der Waals surface area contributed by atoms with E-state index in [1.807, 2.05) is 23.5 Å². The SMILES string of the molecule is CCc1ccc(C(C)NC(CC)c2ccccc2OC)s1. The summed E-state index contributed by atoms with van der Waals surface area (Å²) in [5, 5.41) is 3.74. The van der Waals surface area contributed by atoms with Gasteiger partial charge in [0.15, 0.2) is 0 Å². The van der Waals surface area contributed by atoms with Crippen molar-refractivity contribution in [1.82, 2.24) is 5.32 Å². The molecule has 0 aliphatic heterocycles. The van der Waals surface area contributed by atoms with Crippen molar-refractivity contribution in [3.8, 4) is 5.75 Å². The van der Waals surface area contributed by atoms with Crippen molar-refractivity contribution >= 4 is 11.3 Å². The Kier molecular flexibility index (Phi) is 5.83. The zero-order chi connectivity index (χ0) is 15.2. The second kappa shape index (κ2) is 7.62. The summed E-state index contributed by atoms with van der Waals surface area (Å²) in [5.41, 5.74) is 1.24. The maximum Gasteiger partial charge on any atom is 0.123 e. The third kappa shape index (κ3) is 3.86. The van der Waals surface area contributed by atoms with Crippen molar-refractivity contribution in [2.24, 2.45) is 0 Å². The monoisotopic (exact) mass is 303 g/mol. The van der Waals surface area contributed by atoms with Crippen LogP contribution in [0.25, 0.3) is 0 Å². The molecule has 0 radical (unpaired) electrons. The van der Waals surface area contributed by atoms with Crippen LogP contribution in [0.1, 0.15) is 54.6 Å². The summed E-state index contributed by atoms with van der Waals surface area (Å²) in [6.45, 7) is 6.66. The van der Waals surface area contributed by atoms with E-state index in [0.717, 1.165) is 18.6 Å². The minimum atomic E-state index is 0.309. The van der Waals surface area contributed by atoms with Gasteiger partial charge in [0.05, 0.1) is 7.11 Å². The molecule has 1 aromatic heterocycles. The number of para-hydroxylation sites is 1.